The molecule has 0 fully saturated rings. The van der Waals surface area contributed by atoms with Crippen LogP contribution >= 0.6 is 0 Å². The SMILES string of the molecule is CCCCO[C@H](Cc1c(C)cc(C)cc1C)C(=O)O. The van der Waals surface area contributed by atoms with Gasteiger partial charge in [-0.05, 0) is 43.9 Å². The average Bonchev–Trinajstić information content (AvgIpc) is 2.30. The second-order valence-electron chi connectivity index (χ2n) is 5.13. The van der Waals surface area contributed by atoms with Gasteiger partial charge in [0, 0.05) is 13.0 Å². The van der Waals surface area contributed by atoms with Gasteiger partial charge in [0.25, 0.3) is 0 Å². The quantitative estimate of drug-likeness (QED) is 0.767. The number of unbranched alkanes of at least 4 members (excludes halogenated alkanes) is 1. The van der Waals surface area contributed by atoms with Gasteiger partial charge in [-0.1, -0.05) is 31.0 Å². The molecule has 0 bridgehead atoms. The number of hydrogen-bond donors (Lipinski definition) is 1. The third kappa shape index (κ3) is 4.67. The molecule has 0 radical (unpaired) electrons. The Labute approximate surface area is 115 Å². The zero-order chi connectivity index (χ0) is 14.4. The summed E-state index contributed by atoms with van der Waals surface area (Å²) in [7, 11) is 0. The van der Waals surface area contributed by atoms with Gasteiger partial charge in [-0.3, -0.25) is 0 Å². The average molecular weight is 264 g/mol. The summed E-state index contributed by atoms with van der Waals surface area (Å²) in [5, 5.41) is 9.25. The van der Waals surface area contributed by atoms with E-state index in [1.165, 1.54) is 5.56 Å². The van der Waals surface area contributed by atoms with E-state index in [0.29, 0.717) is 13.0 Å². The van der Waals surface area contributed by atoms with Crippen LogP contribution in [0.15, 0.2) is 12.1 Å². The second-order valence-corrected chi connectivity index (χ2v) is 5.13. The van der Waals surface area contributed by atoms with Gasteiger partial charge >= 0.3 is 5.97 Å². The molecular formula is C16H24O3. The lowest BCUT2D eigenvalue weighted by Crippen LogP contribution is -2.27. The van der Waals surface area contributed by atoms with Crippen LogP contribution in [0.3, 0.4) is 0 Å². The first-order chi connectivity index (χ1) is 8.95. The molecule has 0 heterocycles. The first-order valence-corrected chi connectivity index (χ1v) is 6.86. The molecular weight excluding hydrogens is 240 g/mol. The van der Waals surface area contributed by atoms with Gasteiger partial charge in [-0.2, -0.15) is 0 Å². The number of carboxylic acids is 1. The maximum atomic E-state index is 11.3. The topological polar surface area (TPSA) is 46.5 Å². The number of aliphatic carboxylic acids is 1. The summed E-state index contributed by atoms with van der Waals surface area (Å²) in [5.74, 6) is -0.879. The van der Waals surface area contributed by atoms with E-state index >= 15 is 0 Å². The number of ether oxygens (including phenoxy) is 1. The highest BCUT2D eigenvalue weighted by Crippen LogP contribution is 2.19. The Morgan fingerprint density at radius 1 is 1.26 bits per heavy atom. The van der Waals surface area contributed by atoms with Crippen molar-refractivity contribution < 1.29 is 14.6 Å². The smallest absolute Gasteiger partial charge is 0.333 e. The summed E-state index contributed by atoms with van der Waals surface area (Å²) in [6.07, 6.45) is 1.60. The highest BCUT2D eigenvalue weighted by Gasteiger charge is 2.20. The summed E-state index contributed by atoms with van der Waals surface area (Å²) in [4.78, 5) is 11.3. The zero-order valence-electron chi connectivity index (χ0n) is 12.3. The number of rotatable bonds is 7. The van der Waals surface area contributed by atoms with E-state index in [-0.39, 0.29) is 0 Å². The molecule has 0 aliphatic rings. The lowest BCUT2D eigenvalue weighted by molar-refractivity contribution is -0.150. The van der Waals surface area contributed by atoms with Gasteiger partial charge in [0.2, 0.25) is 0 Å². The van der Waals surface area contributed by atoms with Crippen LogP contribution in [0.2, 0.25) is 0 Å². The van der Waals surface area contributed by atoms with Crippen molar-refractivity contribution in [2.45, 2.75) is 53.1 Å². The number of benzene rings is 1. The molecule has 0 aliphatic carbocycles. The molecule has 1 aromatic rings. The fourth-order valence-corrected chi connectivity index (χ4v) is 2.30. The van der Waals surface area contributed by atoms with E-state index in [1.54, 1.807) is 0 Å². The Morgan fingerprint density at radius 3 is 2.32 bits per heavy atom. The molecule has 0 aromatic heterocycles. The van der Waals surface area contributed by atoms with Gasteiger partial charge in [-0.25, -0.2) is 4.79 Å². The molecule has 106 valence electrons. The van der Waals surface area contributed by atoms with Crippen molar-refractivity contribution in [3.63, 3.8) is 0 Å². The minimum absolute atomic E-state index is 0.441. The van der Waals surface area contributed by atoms with Crippen LogP contribution < -0.4 is 0 Å². The molecule has 1 atom stereocenters. The molecule has 0 saturated carbocycles. The van der Waals surface area contributed by atoms with Crippen LogP contribution in [-0.4, -0.2) is 23.8 Å². The minimum atomic E-state index is -0.879. The van der Waals surface area contributed by atoms with Crippen LogP contribution in [-0.2, 0) is 16.0 Å². The molecule has 1 aromatic carbocycles. The maximum absolute atomic E-state index is 11.3. The summed E-state index contributed by atoms with van der Waals surface area (Å²) in [6, 6.07) is 4.18. The van der Waals surface area contributed by atoms with E-state index in [1.807, 2.05) is 13.8 Å². The molecule has 1 rings (SSSR count). The standard InChI is InChI=1S/C16H24O3/c1-5-6-7-19-15(16(17)18)10-14-12(3)8-11(2)9-13(14)4/h8-9,15H,5-7,10H2,1-4H3,(H,17,18)/t15-/m1/s1. The van der Waals surface area contributed by atoms with Crippen molar-refractivity contribution in [2.75, 3.05) is 6.61 Å². The minimum Gasteiger partial charge on any atom is -0.479 e. The van der Waals surface area contributed by atoms with Crippen molar-refractivity contribution >= 4 is 5.97 Å². The molecule has 0 saturated heterocycles. The summed E-state index contributed by atoms with van der Waals surface area (Å²) in [5.41, 5.74) is 4.58. The highest BCUT2D eigenvalue weighted by molar-refractivity contribution is 5.73. The van der Waals surface area contributed by atoms with Crippen LogP contribution in [0.1, 0.15) is 42.0 Å². The van der Waals surface area contributed by atoms with Crippen LogP contribution in [0.4, 0.5) is 0 Å². The van der Waals surface area contributed by atoms with Crippen molar-refractivity contribution in [2.24, 2.45) is 0 Å². The van der Waals surface area contributed by atoms with Crippen molar-refractivity contribution in [3.8, 4) is 0 Å². The molecule has 0 amide bonds. The van der Waals surface area contributed by atoms with Gasteiger partial charge < -0.3 is 9.84 Å². The van der Waals surface area contributed by atoms with Crippen molar-refractivity contribution in [1.82, 2.24) is 0 Å². The van der Waals surface area contributed by atoms with E-state index < -0.39 is 12.1 Å². The van der Waals surface area contributed by atoms with Gasteiger partial charge in [-0.15, -0.1) is 0 Å². The largest absolute Gasteiger partial charge is 0.479 e. The van der Waals surface area contributed by atoms with Gasteiger partial charge in [0.15, 0.2) is 6.10 Å². The molecule has 3 heteroatoms. The Kier molecular flexibility index (Phi) is 6.03. The van der Waals surface area contributed by atoms with Gasteiger partial charge in [0.1, 0.15) is 0 Å². The molecule has 0 spiro atoms. The highest BCUT2D eigenvalue weighted by atomic mass is 16.5. The maximum Gasteiger partial charge on any atom is 0.333 e. The van der Waals surface area contributed by atoms with Crippen molar-refractivity contribution in [3.05, 3.63) is 34.4 Å². The van der Waals surface area contributed by atoms with Crippen LogP contribution in [0.25, 0.3) is 0 Å². The third-order valence-corrected chi connectivity index (χ3v) is 3.32. The fraction of sp³-hybridized carbons (Fsp3) is 0.562. The lowest BCUT2D eigenvalue weighted by Gasteiger charge is -2.17. The van der Waals surface area contributed by atoms with Crippen LogP contribution in [0.5, 0.6) is 0 Å². The monoisotopic (exact) mass is 264 g/mol. The predicted molar refractivity (Wildman–Crippen MR) is 76.6 cm³/mol. The van der Waals surface area contributed by atoms with Crippen LogP contribution in [0, 0.1) is 20.8 Å². The number of hydrogen-bond acceptors (Lipinski definition) is 2. The van der Waals surface area contributed by atoms with Gasteiger partial charge in [0.05, 0.1) is 0 Å². The summed E-state index contributed by atoms with van der Waals surface area (Å²) < 4.78 is 5.49. The van der Waals surface area contributed by atoms with Crippen molar-refractivity contribution in [1.29, 1.82) is 0 Å². The second kappa shape index (κ2) is 7.29. The molecule has 1 N–H and O–H groups in total. The summed E-state index contributed by atoms with van der Waals surface area (Å²) in [6.45, 7) is 8.68. The molecule has 0 unspecified atom stereocenters. The Bertz CT molecular complexity index is 415. The Balaban J connectivity index is 2.82. The summed E-state index contributed by atoms with van der Waals surface area (Å²) >= 11 is 0. The first-order valence-electron chi connectivity index (χ1n) is 6.86. The van der Waals surface area contributed by atoms with E-state index in [0.717, 1.165) is 29.5 Å². The Hall–Kier alpha value is -1.35. The lowest BCUT2D eigenvalue weighted by atomic mass is 9.95. The van der Waals surface area contributed by atoms with E-state index in [4.69, 9.17) is 4.74 Å². The number of carboxylic acid groups (broad SMARTS) is 1. The third-order valence-electron chi connectivity index (χ3n) is 3.32. The number of carbonyl (C=O) groups is 1. The Morgan fingerprint density at radius 2 is 1.84 bits per heavy atom. The molecule has 19 heavy (non-hydrogen) atoms. The fourth-order valence-electron chi connectivity index (χ4n) is 2.30. The van der Waals surface area contributed by atoms with E-state index in [2.05, 4.69) is 26.0 Å². The van der Waals surface area contributed by atoms with E-state index in [9.17, 15) is 9.90 Å². The first kappa shape index (κ1) is 15.7. The normalized spacial score (nSPS) is 12.4. The zero-order valence-corrected chi connectivity index (χ0v) is 12.3. The molecule has 0 aliphatic heterocycles. The number of aryl methyl sites for hydroxylation is 3. The predicted octanol–water partition coefficient (Wildman–Crippen LogP) is 3.42. The molecule has 3 nitrogen and oxygen atoms in total.